The monoisotopic (exact) mass is 375 g/mol. The Morgan fingerprint density at radius 1 is 1.26 bits per heavy atom. The molecule has 1 heterocycles. The average molecular weight is 376 g/mol. The van der Waals surface area contributed by atoms with Crippen molar-refractivity contribution in [3.8, 4) is 5.75 Å². The molecule has 1 aliphatic heterocycles. The van der Waals surface area contributed by atoms with Gasteiger partial charge in [0.2, 0.25) is 5.90 Å². The fraction of sp³-hybridized carbons (Fsp3) is 0.0588. The van der Waals surface area contributed by atoms with Gasteiger partial charge in [-0.3, -0.25) is 0 Å². The summed E-state index contributed by atoms with van der Waals surface area (Å²) < 4.78 is 24.9. The molecule has 0 N–H and O–H groups in total. The third-order valence-electron chi connectivity index (χ3n) is 3.21. The second-order valence-electron chi connectivity index (χ2n) is 4.70. The van der Waals surface area contributed by atoms with Crippen LogP contribution in [0.2, 0.25) is 0 Å². The summed E-state index contributed by atoms with van der Waals surface area (Å²) in [7, 11) is 1.51. The van der Waals surface area contributed by atoms with Crippen molar-refractivity contribution in [2.24, 2.45) is 4.99 Å². The first kappa shape index (κ1) is 15.4. The van der Waals surface area contributed by atoms with Crippen molar-refractivity contribution in [3.63, 3.8) is 0 Å². The second kappa shape index (κ2) is 6.34. The Kier molecular flexibility index (Phi) is 4.25. The number of benzene rings is 2. The van der Waals surface area contributed by atoms with Gasteiger partial charge >= 0.3 is 5.97 Å². The average Bonchev–Trinajstić information content (AvgIpc) is 2.90. The number of ether oxygens (including phenoxy) is 2. The lowest BCUT2D eigenvalue weighted by Gasteiger charge is -2.07. The van der Waals surface area contributed by atoms with Crippen LogP contribution in [-0.2, 0) is 9.53 Å². The summed E-state index contributed by atoms with van der Waals surface area (Å²) in [4.78, 5) is 16.1. The maximum Gasteiger partial charge on any atom is 0.363 e. The van der Waals surface area contributed by atoms with Crippen LogP contribution < -0.4 is 4.74 Å². The zero-order valence-electron chi connectivity index (χ0n) is 12.0. The van der Waals surface area contributed by atoms with Crippen molar-refractivity contribution in [2.75, 3.05) is 7.11 Å². The molecule has 23 heavy (non-hydrogen) atoms. The first-order valence-corrected chi connectivity index (χ1v) is 7.49. The summed E-state index contributed by atoms with van der Waals surface area (Å²) >= 11 is 3.35. The third kappa shape index (κ3) is 3.17. The van der Waals surface area contributed by atoms with Crippen LogP contribution in [0.4, 0.5) is 4.39 Å². The van der Waals surface area contributed by atoms with E-state index in [9.17, 15) is 9.18 Å². The van der Waals surface area contributed by atoms with Crippen LogP contribution in [0.3, 0.4) is 0 Å². The number of rotatable bonds is 3. The highest BCUT2D eigenvalue weighted by Gasteiger charge is 2.26. The molecule has 0 saturated heterocycles. The Morgan fingerprint density at radius 3 is 2.78 bits per heavy atom. The fourth-order valence-electron chi connectivity index (χ4n) is 2.11. The largest absolute Gasteiger partial charge is 0.496 e. The predicted octanol–water partition coefficient (Wildman–Crippen LogP) is 3.94. The van der Waals surface area contributed by atoms with E-state index in [0.717, 1.165) is 4.47 Å². The number of halogens is 2. The zero-order chi connectivity index (χ0) is 16.4. The van der Waals surface area contributed by atoms with Crippen LogP contribution in [-0.4, -0.2) is 19.0 Å². The molecule has 0 spiro atoms. The minimum absolute atomic E-state index is 0.0344. The quantitative estimate of drug-likeness (QED) is 0.602. The summed E-state index contributed by atoms with van der Waals surface area (Å²) in [6, 6.07) is 11.4. The summed E-state index contributed by atoms with van der Waals surface area (Å²) in [5, 5.41) is 0. The second-order valence-corrected chi connectivity index (χ2v) is 5.62. The Bertz CT molecular complexity index is 845. The number of esters is 1. The Labute approximate surface area is 140 Å². The molecule has 0 amide bonds. The van der Waals surface area contributed by atoms with Gasteiger partial charge in [0.1, 0.15) is 11.6 Å². The Hall–Kier alpha value is -2.47. The van der Waals surface area contributed by atoms with Gasteiger partial charge in [0.25, 0.3) is 0 Å². The van der Waals surface area contributed by atoms with Gasteiger partial charge in [-0.05, 0) is 30.3 Å². The minimum atomic E-state index is -0.634. The number of carbonyl (C=O) groups excluding carboxylic acids is 1. The van der Waals surface area contributed by atoms with Crippen LogP contribution in [0.1, 0.15) is 11.1 Å². The number of carbonyl (C=O) groups is 1. The highest BCUT2D eigenvalue weighted by Crippen LogP contribution is 2.28. The fourth-order valence-corrected chi connectivity index (χ4v) is 2.47. The van der Waals surface area contributed by atoms with Gasteiger partial charge in [-0.1, -0.05) is 34.1 Å². The lowest BCUT2D eigenvalue weighted by molar-refractivity contribution is -0.129. The Balaban J connectivity index is 2.03. The highest BCUT2D eigenvalue weighted by atomic mass is 79.9. The molecule has 0 aliphatic carbocycles. The number of aliphatic imine (C=N–C) groups is 1. The molecule has 0 fully saturated rings. The lowest BCUT2D eigenvalue weighted by Crippen LogP contribution is -2.07. The molecule has 0 atom stereocenters. The molecule has 116 valence electrons. The molecule has 6 heteroatoms. The van der Waals surface area contributed by atoms with Crippen molar-refractivity contribution >= 4 is 33.9 Å². The maximum atomic E-state index is 13.7. The van der Waals surface area contributed by atoms with E-state index < -0.39 is 11.8 Å². The van der Waals surface area contributed by atoms with Gasteiger partial charge < -0.3 is 9.47 Å². The van der Waals surface area contributed by atoms with Crippen molar-refractivity contribution < 1.29 is 18.7 Å². The molecule has 3 rings (SSSR count). The summed E-state index contributed by atoms with van der Waals surface area (Å²) in [5.41, 5.74) is 0.838. The van der Waals surface area contributed by atoms with E-state index in [-0.39, 0.29) is 17.2 Å². The molecule has 4 nitrogen and oxygen atoms in total. The molecule has 0 saturated carbocycles. The topological polar surface area (TPSA) is 47.9 Å². The molecule has 0 bridgehead atoms. The van der Waals surface area contributed by atoms with Gasteiger partial charge in [-0.2, -0.15) is 0 Å². The lowest BCUT2D eigenvalue weighted by atomic mass is 10.2. The first-order valence-electron chi connectivity index (χ1n) is 6.69. The number of hydrogen-bond donors (Lipinski definition) is 0. The van der Waals surface area contributed by atoms with Crippen LogP contribution in [0, 0.1) is 5.82 Å². The molecule has 0 unspecified atom stereocenters. The van der Waals surface area contributed by atoms with Crippen molar-refractivity contribution in [1.29, 1.82) is 0 Å². The predicted molar refractivity (Wildman–Crippen MR) is 87.7 cm³/mol. The Morgan fingerprint density at radius 2 is 2.04 bits per heavy atom. The normalized spacial score (nSPS) is 15.5. The molecular formula is C17H11BrFNO3. The van der Waals surface area contributed by atoms with Crippen LogP contribution in [0.15, 0.2) is 57.6 Å². The van der Waals surface area contributed by atoms with E-state index in [4.69, 9.17) is 9.47 Å². The number of cyclic esters (lactones) is 1. The van der Waals surface area contributed by atoms with Crippen molar-refractivity contribution in [2.45, 2.75) is 0 Å². The smallest absolute Gasteiger partial charge is 0.363 e. The van der Waals surface area contributed by atoms with Crippen molar-refractivity contribution in [3.05, 3.63) is 69.6 Å². The van der Waals surface area contributed by atoms with E-state index in [1.807, 2.05) is 0 Å². The summed E-state index contributed by atoms with van der Waals surface area (Å²) in [5.74, 6) is -0.426. The van der Waals surface area contributed by atoms with Gasteiger partial charge in [0.05, 0.1) is 12.7 Å². The van der Waals surface area contributed by atoms with Gasteiger partial charge in [-0.15, -0.1) is 0 Å². The maximum absolute atomic E-state index is 13.7. The summed E-state index contributed by atoms with van der Waals surface area (Å²) in [6.45, 7) is 0. The van der Waals surface area contributed by atoms with Crippen LogP contribution in [0.5, 0.6) is 5.75 Å². The van der Waals surface area contributed by atoms with Gasteiger partial charge in [0.15, 0.2) is 5.70 Å². The number of nitrogens with zero attached hydrogens (tertiary/aromatic N) is 1. The minimum Gasteiger partial charge on any atom is -0.496 e. The molecule has 2 aromatic carbocycles. The molecule has 0 radical (unpaired) electrons. The molecular weight excluding hydrogens is 365 g/mol. The van der Waals surface area contributed by atoms with Crippen LogP contribution in [0.25, 0.3) is 6.08 Å². The first-order chi connectivity index (χ1) is 11.1. The van der Waals surface area contributed by atoms with Crippen LogP contribution >= 0.6 is 15.9 Å². The molecule has 0 aromatic heterocycles. The molecule has 1 aliphatic rings. The molecule has 2 aromatic rings. The standard InChI is InChI=1S/C17H11BrFNO3/c1-22-15-7-6-11(18)9-12(15)16-20-14(17(21)23-16)8-10-4-2-3-5-13(10)19/h2-9H,1H3/b14-8+. The SMILES string of the molecule is COc1ccc(Br)cc1C1=N/C(=C/c2ccccc2F)C(=O)O1. The number of hydrogen-bond acceptors (Lipinski definition) is 4. The highest BCUT2D eigenvalue weighted by molar-refractivity contribution is 9.10. The van der Waals surface area contributed by atoms with E-state index in [1.165, 1.54) is 19.3 Å². The van der Waals surface area contributed by atoms with Gasteiger partial charge in [-0.25, -0.2) is 14.2 Å². The number of methoxy groups -OCH3 is 1. The van der Waals surface area contributed by atoms with Crippen molar-refractivity contribution in [1.82, 2.24) is 0 Å². The third-order valence-corrected chi connectivity index (χ3v) is 3.70. The van der Waals surface area contributed by atoms with E-state index in [0.29, 0.717) is 11.3 Å². The van der Waals surface area contributed by atoms with E-state index >= 15 is 0 Å². The zero-order valence-corrected chi connectivity index (χ0v) is 13.6. The summed E-state index contributed by atoms with van der Waals surface area (Å²) in [6.07, 6.45) is 1.36. The van der Waals surface area contributed by atoms with E-state index in [1.54, 1.807) is 36.4 Å². The van der Waals surface area contributed by atoms with E-state index in [2.05, 4.69) is 20.9 Å². The van der Waals surface area contributed by atoms with Gasteiger partial charge in [0, 0.05) is 10.0 Å².